The zero-order chi connectivity index (χ0) is 16.7. The molecule has 1 heterocycles. The van der Waals surface area contributed by atoms with E-state index in [4.69, 9.17) is 9.47 Å². The number of hydrogen-bond donors (Lipinski definition) is 1. The topological polar surface area (TPSA) is 47.6 Å². The van der Waals surface area contributed by atoms with Crippen molar-refractivity contribution in [3.8, 4) is 5.75 Å². The third-order valence-corrected chi connectivity index (χ3v) is 3.58. The smallest absolute Gasteiger partial charge is 0.251 e. The van der Waals surface area contributed by atoms with E-state index >= 15 is 0 Å². The molecule has 0 aromatic heterocycles. The minimum Gasteiger partial charge on any atom is -0.458 e. The Morgan fingerprint density at radius 3 is 2.78 bits per heavy atom. The monoisotopic (exact) mass is 313 g/mol. The van der Waals surface area contributed by atoms with Gasteiger partial charge in [-0.05, 0) is 38.0 Å². The molecule has 4 nitrogen and oxygen atoms in total. The highest BCUT2D eigenvalue weighted by molar-refractivity contribution is 5.96. The number of aryl methyl sites for hydroxylation is 1. The quantitative estimate of drug-likeness (QED) is 0.477. The van der Waals surface area contributed by atoms with Crippen LogP contribution in [0.3, 0.4) is 0 Å². The maximum atomic E-state index is 12.2. The van der Waals surface area contributed by atoms with Gasteiger partial charge in [0, 0.05) is 18.7 Å². The highest BCUT2D eigenvalue weighted by Gasteiger charge is 2.17. The summed E-state index contributed by atoms with van der Waals surface area (Å²) in [6.45, 7) is 10.8. The lowest BCUT2D eigenvalue weighted by Gasteiger charge is -2.11. The van der Waals surface area contributed by atoms with Crippen molar-refractivity contribution >= 4 is 5.91 Å². The van der Waals surface area contributed by atoms with Crippen molar-refractivity contribution in [2.45, 2.75) is 25.9 Å². The molecule has 1 amide bonds. The third kappa shape index (κ3) is 5.42. The molecule has 1 atom stereocenters. The Morgan fingerprint density at radius 1 is 1.43 bits per heavy atom. The van der Waals surface area contributed by atoms with Gasteiger partial charge in [-0.25, -0.2) is 0 Å². The zero-order valence-electron chi connectivity index (χ0n) is 13.5. The van der Waals surface area contributed by atoms with E-state index in [1.54, 1.807) is 6.08 Å². The molecule has 1 aliphatic rings. The predicted molar refractivity (Wildman–Crippen MR) is 91.2 cm³/mol. The number of amides is 1. The van der Waals surface area contributed by atoms with Gasteiger partial charge in [0.1, 0.15) is 11.5 Å². The summed E-state index contributed by atoms with van der Waals surface area (Å²) in [5.41, 5.74) is 1.57. The summed E-state index contributed by atoms with van der Waals surface area (Å²) < 4.78 is 11.1. The molecule has 122 valence electrons. The first kappa shape index (κ1) is 17.0. The Hall–Kier alpha value is -2.33. The number of nitrogens with one attached hydrogen (secondary N) is 1. The van der Waals surface area contributed by atoms with Crippen molar-refractivity contribution in [3.05, 3.63) is 66.5 Å². The summed E-state index contributed by atoms with van der Waals surface area (Å²) in [5, 5.41) is 2.85. The number of benzene rings is 1. The van der Waals surface area contributed by atoms with Gasteiger partial charge in [-0.15, -0.1) is 0 Å². The molecule has 0 bridgehead atoms. The van der Waals surface area contributed by atoms with E-state index in [9.17, 15) is 4.79 Å². The van der Waals surface area contributed by atoms with Gasteiger partial charge >= 0.3 is 0 Å². The second-order valence-electron chi connectivity index (χ2n) is 5.53. The highest BCUT2D eigenvalue weighted by atomic mass is 16.5. The molecule has 4 heteroatoms. The van der Waals surface area contributed by atoms with E-state index in [1.165, 1.54) is 6.08 Å². The molecule has 1 unspecified atom stereocenters. The van der Waals surface area contributed by atoms with Crippen LogP contribution in [0.2, 0.25) is 0 Å². The van der Waals surface area contributed by atoms with E-state index in [2.05, 4.69) is 18.5 Å². The molecule has 0 spiro atoms. The Bertz CT molecular complexity index is 596. The van der Waals surface area contributed by atoms with Crippen LogP contribution in [0.5, 0.6) is 5.75 Å². The first-order valence-corrected chi connectivity index (χ1v) is 7.76. The minimum absolute atomic E-state index is 0.108. The van der Waals surface area contributed by atoms with Crippen LogP contribution in [0, 0.1) is 6.92 Å². The van der Waals surface area contributed by atoms with Gasteiger partial charge in [-0.1, -0.05) is 36.9 Å². The first-order valence-electron chi connectivity index (χ1n) is 7.76. The largest absolute Gasteiger partial charge is 0.458 e. The Kier molecular flexibility index (Phi) is 6.18. The fourth-order valence-corrected chi connectivity index (χ4v) is 2.29. The number of allylic oxidation sites excluding steroid dienone is 1. The minimum atomic E-state index is -0.204. The molecule has 0 radical (unpaired) electrons. The summed E-state index contributed by atoms with van der Waals surface area (Å²) in [4.78, 5) is 12.2. The summed E-state index contributed by atoms with van der Waals surface area (Å²) in [7, 11) is 0. The average Bonchev–Trinajstić information content (AvgIpc) is 3.06. The van der Waals surface area contributed by atoms with E-state index in [0.29, 0.717) is 23.6 Å². The molecule has 1 N–H and O–H groups in total. The van der Waals surface area contributed by atoms with Crippen LogP contribution in [0.4, 0.5) is 0 Å². The van der Waals surface area contributed by atoms with E-state index in [-0.39, 0.29) is 12.0 Å². The van der Waals surface area contributed by atoms with Crippen molar-refractivity contribution in [3.63, 3.8) is 0 Å². The third-order valence-electron chi connectivity index (χ3n) is 3.58. The summed E-state index contributed by atoms with van der Waals surface area (Å²) in [6, 6.07) is 7.63. The molecular weight excluding hydrogens is 290 g/mol. The van der Waals surface area contributed by atoms with Crippen molar-refractivity contribution < 1.29 is 14.3 Å². The van der Waals surface area contributed by atoms with Crippen LogP contribution in [0.15, 0.2) is 60.9 Å². The first-order chi connectivity index (χ1) is 11.1. The van der Waals surface area contributed by atoms with Crippen LogP contribution in [-0.2, 0) is 9.53 Å². The molecule has 23 heavy (non-hydrogen) atoms. The Morgan fingerprint density at radius 2 is 2.17 bits per heavy atom. The molecule has 1 fully saturated rings. The second kappa shape index (κ2) is 8.34. The Labute approximate surface area is 137 Å². The molecule has 1 aliphatic heterocycles. The van der Waals surface area contributed by atoms with Crippen molar-refractivity contribution in [1.82, 2.24) is 5.32 Å². The molecule has 0 aliphatic carbocycles. The van der Waals surface area contributed by atoms with Gasteiger partial charge in [0.15, 0.2) is 0 Å². The average molecular weight is 313 g/mol. The number of carbonyl (C=O) groups excluding carboxylic acids is 1. The number of rotatable bonds is 7. The number of carbonyl (C=O) groups is 1. The number of hydrogen-bond acceptors (Lipinski definition) is 3. The summed E-state index contributed by atoms with van der Waals surface area (Å²) >= 11 is 0. The van der Waals surface area contributed by atoms with Gasteiger partial charge < -0.3 is 14.8 Å². The van der Waals surface area contributed by atoms with E-state index < -0.39 is 0 Å². The van der Waals surface area contributed by atoms with Gasteiger partial charge in [0.25, 0.3) is 5.91 Å². The van der Waals surface area contributed by atoms with Gasteiger partial charge in [-0.3, -0.25) is 4.79 Å². The van der Waals surface area contributed by atoms with Crippen molar-refractivity contribution in [1.29, 1.82) is 0 Å². The summed E-state index contributed by atoms with van der Waals surface area (Å²) in [5.74, 6) is 0.861. The SMILES string of the molecule is C=C/C(=C\C(=C)Oc1ccc(C)cc1)C(=O)NCC1CCCO1. The van der Waals surface area contributed by atoms with E-state index in [0.717, 1.165) is 25.0 Å². The molecule has 2 rings (SSSR count). The van der Waals surface area contributed by atoms with Gasteiger partial charge in [0.2, 0.25) is 0 Å². The second-order valence-corrected chi connectivity index (χ2v) is 5.53. The summed E-state index contributed by atoms with van der Waals surface area (Å²) in [6.07, 6.45) is 5.21. The Balaban J connectivity index is 1.90. The van der Waals surface area contributed by atoms with E-state index in [1.807, 2.05) is 31.2 Å². The van der Waals surface area contributed by atoms with Crippen molar-refractivity contribution in [2.24, 2.45) is 0 Å². The molecule has 1 saturated heterocycles. The van der Waals surface area contributed by atoms with Crippen LogP contribution < -0.4 is 10.1 Å². The molecular formula is C19H23NO3. The number of ether oxygens (including phenoxy) is 2. The highest BCUT2D eigenvalue weighted by Crippen LogP contribution is 2.16. The standard InChI is InChI=1S/C19H23NO3/c1-4-16(19(21)20-13-18-6-5-11-22-18)12-15(3)23-17-9-7-14(2)8-10-17/h4,7-10,12,18H,1,3,5-6,11,13H2,2H3,(H,20,21)/b16-12+. The lowest BCUT2D eigenvalue weighted by Crippen LogP contribution is -2.32. The van der Waals surface area contributed by atoms with Gasteiger partial charge in [0.05, 0.1) is 6.10 Å². The van der Waals surface area contributed by atoms with Crippen LogP contribution in [0.25, 0.3) is 0 Å². The van der Waals surface area contributed by atoms with Crippen LogP contribution in [-0.4, -0.2) is 25.2 Å². The van der Waals surface area contributed by atoms with Crippen LogP contribution in [0.1, 0.15) is 18.4 Å². The maximum absolute atomic E-state index is 12.2. The predicted octanol–water partition coefficient (Wildman–Crippen LogP) is 3.30. The molecule has 0 saturated carbocycles. The normalized spacial score (nSPS) is 17.6. The van der Waals surface area contributed by atoms with Crippen molar-refractivity contribution in [2.75, 3.05) is 13.2 Å². The van der Waals surface area contributed by atoms with Crippen LogP contribution >= 0.6 is 0 Å². The van der Waals surface area contributed by atoms with Gasteiger partial charge in [-0.2, -0.15) is 0 Å². The lowest BCUT2D eigenvalue weighted by atomic mass is 10.2. The molecule has 1 aromatic rings. The maximum Gasteiger partial charge on any atom is 0.251 e. The fraction of sp³-hybridized carbons (Fsp3) is 0.316. The molecule has 1 aromatic carbocycles. The zero-order valence-corrected chi connectivity index (χ0v) is 13.5. The lowest BCUT2D eigenvalue weighted by molar-refractivity contribution is -0.117. The fourth-order valence-electron chi connectivity index (χ4n) is 2.29.